The maximum absolute atomic E-state index is 6.27. The summed E-state index contributed by atoms with van der Waals surface area (Å²) in [5.41, 5.74) is 11.1. The molecular weight excluding hydrogens is 490 g/mol. The van der Waals surface area contributed by atoms with Gasteiger partial charge in [0.1, 0.15) is 29.6 Å². The number of nitrogens with zero attached hydrogens (tertiary/aromatic N) is 4. The fraction of sp³-hybridized carbons (Fsp3) is 0.233. The van der Waals surface area contributed by atoms with Gasteiger partial charge in [-0.15, -0.1) is 0 Å². The third-order valence-electron chi connectivity index (χ3n) is 6.71. The predicted octanol–water partition coefficient (Wildman–Crippen LogP) is 5.74. The summed E-state index contributed by atoms with van der Waals surface area (Å²) in [6, 6.07) is 19.6. The van der Waals surface area contributed by atoms with Gasteiger partial charge in [-0.25, -0.2) is 9.97 Å². The van der Waals surface area contributed by atoms with Crippen LogP contribution in [0.4, 0.5) is 17.5 Å². The summed E-state index contributed by atoms with van der Waals surface area (Å²) in [7, 11) is 1.64. The molecule has 0 saturated heterocycles. The van der Waals surface area contributed by atoms with E-state index in [1.54, 1.807) is 13.3 Å². The van der Waals surface area contributed by atoms with Crippen LogP contribution in [0.25, 0.3) is 33.4 Å². The second kappa shape index (κ2) is 11.8. The number of likely N-dealkylation sites (N-methyl/N-ethyl adjacent to an activating group) is 1. The number of para-hydroxylation sites is 2. The van der Waals surface area contributed by atoms with Crippen LogP contribution in [-0.4, -0.2) is 58.2 Å². The zero-order valence-electron chi connectivity index (χ0n) is 22.4. The summed E-state index contributed by atoms with van der Waals surface area (Å²) < 4.78 is 11.6. The average molecular weight is 524 g/mol. The van der Waals surface area contributed by atoms with Crippen molar-refractivity contribution in [3.63, 3.8) is 0 Å². The number of aromatic nitrogens is 4. The number of H-pyrrole nitrogens is 1. The van der Waals surface area contributed by atoms with Crippen molar-refractivity contribution in [2.24, 2.45) is 0 Å². The van der Waals surface area contributed by atoms with Crippen LogP contribution in [0.1, 0.15) is 13.8 Å². The van der Waals surface area contributed by atoms with Crippen molar-refractivity contribution >= 4 is 28.5 Å². The molecule has 5 rings (SSSR count). The Morgan fingerprint density at radius 2 is 1.77 bits per heavy atom. The Labute approximate surface area is 228 Å². The van der Waals surface area contributed by atoms with Gasteiger partial charge < -0.3 is 30.4 Å². The molecule has 0 radical (unpaired) electrons. The maximum atomic E-state index is 6.27. The Bertz CT molecular complexity index is 1550. The van der Waals surface area contributed by atoms with Gasteiger partial charge in [0.15, 0.2) is 0 Å². The van der Waals surface area contributed by atoms with Gasteiger partial charge in [0.25, 0.3) is 0 Å². The van der Waals surface area contributed by atoms with E-state index in [1.165, 1.54) is 0 Å². The van der Waals surface area contributed by atoms with Gasteiger partial charge in [-0.1, -0.05) is 26.0 Å². The molecule has 4 N–H and O–H groups in total. The Kier molecular flexibility index (Phi) is 7.88. The number of anilines is 3. The Morgan fingerprint density at radius 1 is 0.974 bits per heavy atom. The first-order valence-electron chi connectivity index (χ1n) is 13.1. The highest BCUT2D eigenvalue weighted by Crippen LogP contribution is 2.41. The van der Waals surface area contributed by atoms with Crippen LogP contribution in [0.5, 0.6) is 11.5 Å². The van der Waals surface area contributed by atoms with Crippen molar-refractivity contribution < 1.29 is 9.47 Å². The molecule has 0 aliphatic rings. The van der Waals surface area contributed by atoms with Crippen molar-refractivity contribution in [1.29, 1.82) is 0 Å². The number of methoxy groups -OCH3 is 1. The topological polar surface area (TPSA) is 114 Å². The van der Waals surface area contributed by atoms with E-state index in [0.29, 0.717) is 23.9 Å². The van der Waals surface area contributed by atoms with E-state index in [2.05, 4.69) is 39.0 Å². The summed E-state index contributed by atoms with van der Waals surface area (Å²) in [5, 5.41) is 4.39. The highest BCUT2D eigenvalue weighted by molar-refractivity contribution is 6.01. The van der Waals surface area contributed by atoms with Gasteiger partial charge in [0.2, 0.25) is 5.95 Å². The molecule has 39 heavy (non-hydrogen) atoms. The summed E-state index contributed by atoms with van der Waals surface area (Å²) in [5.74, 6) is 2.22. The normalized spacial score (nSPS) is 11.2. The number of benzene rings is 2. The second-order valence-electron chi connectivity index (χ2n) is 8.98. The summed E-state index contributed by atoms with van der Waals surface area (Å²) in [6.07, 6.45) is 3.64. The minimum atomic E-state index is 0.157. The first-order chi connectivity index (χ1) is 19.1. The molecule has 0 atom stereocenters. The van der Waals surface area contributed by atoms with E-state index in [9.17, 15) is 0 Å². The molecule has 9 heteroatoms. The molecule has 3 aromatic heterocycles. The van der Waals surface area contributed by atoms with Gasteiger partial charge in [-0.3, -0.25) is 0 Å². The maximum Gasteiger partial charge on any atom is 0.222 e. The molecule has 2 aromatic carbocycles. The fourth-order valence-corrected chi connectivity index (χ4v) is 4.63. The average Bonchev–Trinajstić information content (AvgIpc) is 3.45. The number of hydrogen-bond donors (Lipinski definition) is 3. The molecule has 5 aromatic rings. The number of aromatic amines is 1. The van der Waals surface area contributed by atoms with Crippen molar-refractivity contribution in [1.82, 2.24) is 24.8 Å². The van der Waals surface area contributed by atoms with Crippen LogP contribution < -0.4 is 20.5 Å². The molecular formula is C30H33N7O2. The molecule has 200 valence electrons. The zero-order chi connectivity index (χ0) is 27.2. The lowest BCUT2D eigenvalue weighted by atomic mass is 9.98. The van der Waals surface area contributed by atoms with Gasteiger partial charge in [-0.05, 0) is 61.6 Å². The van der Waals surface area contributed by atoms with Crippen molar-refractivity contribution in [2.45, 2.75) is 13.8 Å². The second-order valence-corrected chi connectivity index (χ2v) is 8.98. The lowest BCUT2D eigenvalue weighted by molar-refractivity contribution is 0.223. The molecule has 0 aliphatic heterocycles. The lowest BCUT2D eigenvalue weighted by Crippen LogP contribution is -2.27. The van der Waals surface area contributed by atoms with E-state index in [-0.39, 0.29) is 5.95 Å². The van der Waals surface area contributed by atoms with E-state index in [1.807, 2.05) is 66.9 Å². The van der Waals surface area contributed by atoms with Crippen LogP contribution in [0, 0.1) is 0 Å². The monoisotopic (exact) mass is 523 g/mol. The van der Waals surface area contributed by atoms with Crippen molar-refractivity contribution in [3.8, 4) is 33.9 Å². The van der Waals surface area contributed by atoms with Crippen LogP contribution in [-0.2, 0) is 0 Å². The molecule has 0 bridgehead atoms. The minimum Gasteiger partial charge on any atom is -0.495 e. The number of fused-ring (bicyclic) bond motifs is 1. The lowest BCUT2D eigenvalue weighted by Gasteiger charge is -2.19. The largest absolute Gasteiger partial charge is 0.495 e. The SMILES string of the molecule is CCN(CC)CCOc1ccc(-c2nc(N)nc(Nc3ccccc3OC)c2-c2ccnc3[nH]ccc23)cc1. The number of pyridine rings is 1. The Hall–Kier alpha value is -4.63. The molecule has 0 unspecified atom stereocenters. The molecule has 0 fully saturated rings. The zero-order valence-corrected chi connectivity index (χ0v) is 22.4. The smallest absolute Gasteiger partial charge is 0.222 e. The van der Waals surface area contributed by atoms with Gasteiger partial charge >= 0.3 is 0 Å². The van der Waals surface area contributed by atoms with Crippen molar-refractivity contribution in [2.75, 3.05) is 44.4 Å². The number of nitrogens with two attached hydrogens (primary N) is 1. The van der Waals surface area contributed by atoms with E-state index < -0.39 is 0 Å². The third-order valence-corrected chi connectivity index (χ3v) is 6.71. The summed E-state index contributed by atoms with van der Waals surface area (Å²) in [4.78, 5) is 19.3. The van der Waals surface area contributed by atoms with E-state index >= 15 is 0 Å². The molecule has 0 amide bonds. The minimum absolute atomic E-state index is 0.157. The van der Waals surface area contributed by atoms with E-state index in [4.69, 9.17) is 20.2 Å². The Morgan fingerprint density at radius 3 is 2.54 bits per heavy atom. The van der Waals surface area contributed by atoms with Gasteiger partial charge in [-0.2, -0.15) is 4.98 Å². The first-order valence-corrected chi connectivity index (χ1v) is 13.1. The fourth-order valence-electron chi connectivity index (χ4n) is 4.63. The van der Waals surface area contributed by atoms with E-state index in [0.717, 1.165) is 58.8 Å². The highest BCUT2D eigenvalue weighted by Gasteiger charge is 2.21. The van der Waals surface area contributed by atoms with Gasteiger partial charge in [0.05, 0.1) is 24.1 Å². The number of nitrogen functional groups attached to an aromatic ring is 1. The quantitative estimate of drug-likeness (QED) is 0.201. The van der Waals surface area contributed by atoms with Crippen LogP contribution in [0.2, 0.25) is 0 Å². The first kappa shape index (κ1) is 26.0. The number of hydrogen-bond acceptors (Lipinski definition) is 8. The van der Waals surface area contributed by atoms with Crippen LogP contribution >= 0.6 is 0 Å². The van der Waals surface area contributed by atoms with Crippen LogP contribution in [0.3, 0.4) is 0 Å². The van der Waals surface area contributed by atoms with Gasteiger partial charge in [0, 0.05) is 35.5 Å². The van der Waals surface area contributed by atoms with Crippen LogP contribution in [0.15, 0.2) is 73.1 Å². The molecule has 0 spiro atoms. The highest BCUT2D eigenvalue weighted by atomic mass is 16.5. The molecule has 0 saturated carbocycles. The molecule has 0 aliphatic carbocycles. The Balaban J connectivity index is 1.58. The summed E-state index contributed by atoms with van der Waals surface area (Å²) in [6.45, 7) is 7.83. The number of nitrogens with one attached hydrogen (secondary N) is 2. The molecule has 9 nitrogen and oxygen atoms in total. The number of ether oxygens (including phenoxy) is 2. The molecule has 3 heterocycles. The predicted molar refractivity (Wildman–Crippen MR) is 157 cm³/mol. The third kappa shape index (κ3) is 5.63. The summed E-state index contributed by atoms with van der Waals surface area (Å²) >= 11 is 0. The number of rotatable bonds is 11. The van der Waals surface area contributed by atoms with Crippen molar-refractivity contribution in [3.05, 3.63) is 73.1 Å². The standard InChI is InChI=1S/C30H33N7O2/c1-4-37(5-2)18-19-39-21-12-10-20(11-13-21)27-26(22-14-16-32-28-23(22)15-17-33-28)29(36-30(31)35-27)34-24-8-6-7-9-25(24)38-3/h6-17H,4-5,18-19H2,1-3H3,(H,32,33)(H3,31,34,35,36).